The van der Waals surface area contributed by atoms with Crippen LogP contribution in [0.15, 0.2) is 23.1 Å². The van der Waals surface area contributed by atoms with Gasteiger partial charge in [0.2, 0.25) is 15.9 Å². The summed E-state index contributed by atoms with van der Waals surface area (Å²) in [6.45, 7) is 1.79. The van der Waals surface area contributed by atoms with Gasteiger partial charge >= 0.3 is 0 Å². The third-order valence-electron chi connectivity index (χ3n) is 3.21. The Hall–Kier alpha value is -1.12. The van der Waals surface area contributed by atoms with E-state index in [9.17, 15) is 17.6 Å². The van der Waals surface area contributed by atoms with Crippen LogP contribution in [0.1, 0.15) is 19.8 Å². The number of nitrogens with two attached hydrogens (primary N) is 1. The summed E-state index contributed by atoms with van der Waals surface area (Å²) < 4.78 is 35.5. The van der Waals surface area contributed by atoms with Crippen LogP contribution in [0.3, 0.4) is 0 Å². The zero-order valence-corrected chi connectivity index (χ0v) is 12.5. The number of hydrogen-bond acceptors (Lipinski definition) is 4. The molecule has 0 saturated carbocycles. The Morgan fingerprint density at radius 2 is 2.20 bits per heavy atom. The lowest BCUT2D eigenvalue weighted by molar-refractivity contribution is -0.118. The van der Waals surface area contributed by atoms with Crippen molar-refractivity contribution in [2.75, 3.05) is 11.1 Å². The standard InChI is InChI=1S/C12H15FN2O3S2/c1-12(5-2-6-19-12)11(16)15-10-7-8(20(14,17)18)3-4-9(10)13/h3-4,7H,2,5-6H2,1H3,(H,15,16)(H2,14,17,18). The highest BCUT2D eigenvalue weighted by molar-refractivity contribution is 8.01. The van der Waals surface area contributed by atoms with Gasteiger partial charge in [-0.3, -0.25) is 4.79 Å². The van der Waals surface area contributed by atoms with Crippen LogP contribution in [0.25, 0.3) is 0 Å². The van der Waals surface area contributed by atoms with Crippen LogP contribution < -0.4 is 10.5 Å². The van der Waals surface area contributed by atoms with Crippen molar-refractivity contribution in [1.29, 1.82) is 0 Å². The quantitative estimate of drug-likeness (QED) is 0.887. The molecular formula is C12H15FN2O3S2. The predicted octanol–water partition coefficient (Wildman–Crippen LogP) is 1.70. The Morgan fingerprint density at radius 1 is 1.50 bits per heavy atom. The van der Waals surface area contributed by atoms with Crippen LogP contribution >= 0.6 is 11.8 Å². The van der Waals surface area contributed by atoms with Crippen molar-refractivity contribution in [2.24, 2.45) is 5.14 Å². The molecule has 8 heteroatoms. The second-order valence-electron chi connectivity index (χ2n) is 4.82. The average Bonchev–Trinajstić information content (AvgIpc) is 2.79. The maximum absolute atomic E-state index is 13.7. The largest absolute Gasteiger partial charge is 0.322 e. The molecular weight excluding hydrogens is 303 g/mol. The molecule has 2 rings (SSSR count). The van der Waals surface area contributed by atoms with Gasteiger partial charge in [-0.25, -0.2) is 17.9 Å². The van der Waals surface area contributed by atoms with Gasteiger partial charge in [0.15, 0.2) is 0 Å². The highest BCUT2D eigenvalue weighted by atomic mass is 32.2. The fourth-order valence-corrected chi connectivity index (χ4v) is 3.74. The third kappa shape index (κ3) is 3.13. The Kier molecular flexibility index (Phi) is 4.08. The van der Waals surface area contributed by atoms with E-state index in [2.05, 4.69) is 5.32 Å². The fourth-order valence-electron chi connectivity index (χ4n) is 1.99. The van der Waals surface area contributed by atoms with E-state index in [0.717, 1.165) is 30.4 Å². The molecule has 0 spiro atoms. The number of hydrogen-bond donors (Lipinski definition) is 2. The normalized spacial score (nSPS) is 22.8. The minimum atomic E-state index is -3.94. The summed E-state index contributed by atoms with van der Waals surface area (Å²) in [5, 5.41) is 7.44. The number of primary sulfonamides is 1. The molecule has 0 radical (unpaired) electrons. The molecule has 0 bridgehead atoms. The Bertz CT molecular complexity index is 640. The lowest BCUT2D eigenvalue weighted by Crippen LogP contribution is -2.35. The molecule has 1 aromatic carbocycles. The summed E-state index contributed by atoms with van der Waals surface area (Å²) >= 11 is 1.51. The summed E-state index contributed by atoms with van der Waals surface area (Å²) in [7, 11) is -3.94. The van der Waals surface area contributed by atoms with Crippen molar-refractivity contribution in [3.8, 4) is 0 Å². The summed E-state index contributed by atoms with van der Waals surface area (Å²) in [5.41, 5.74) is -0.171. The van der Waals surface area contributed by atoms with Crippen molar-refractivity contribution in [2.45, 2.75) is 29.4 Å². The van der Waals surface area contributed by atoms with Crippen molar-refractivity contribution in [3.05, 3.63) is 24.0 Å². The molecule has 3 N–H and O–H groups in total. The van der Waals surface area contributed by atoms with E-state index in [-0.39, 0.29) is 16.5 Å². The van der Waals surface area contributed by atoms with E-state index in [4.69, 9.17) is 5.14 Å². The minimum absolute atomic E-state index is 0.171. The highest BCUT2D eigenvalue weighted by Crippen LogP contribution is 2.38. The van der Waals surface area contributed by atoms with Gasteiger partial charge in [-0.2, -0.15) is 0 Å². The molecule has 1 saturated heterocycles. The van der Waals surface area contributed by atoms with E-state index in [1.54, 1.807) is 6.92 Å². The van der Waals surface area contributed by atoms with Gasteiger partial charge in [-0.1, -0.05) is 0 Å². The van der Waals surface area contributed by atoms with E-state index in [0.29, 0.717) is 6.42 Å². The second kappa shape index (κ2) is 5.34. The molecule has 1 heterocycles. The molecule has 1 aromatic rings. The highest BCUT2D eigenvalue weighted by Gasteiger charge is 2.37. The van der Waals surface area contributed by atoms with E-state index >= 15 is 0 Å². The Morgan fingerprint density at radius 3 is 2.75 bits per heavy atom. The first kappa shape index (κ1) is 15.3. The number of carbonyl (C=O) groups is 1. The van der Waals surface area contributed by atoms with Crippen LogP contribution in [0, 0.1) is 5.82 Å². The third-order valence-corrected chi connectivity index (χ3v) is 5.64. The number of benzene rings is 1. The van der Waals surface area contributed by atoms with Gasteiger partial charge in [0.05, 0.1) is 15.3 Å². The van der Waals surface area contributed by atoms with Crippen molar-refractivity contribution < 1.29 is 17.6 Å². The van der Waals surface area contributed by atoms with Gasteiger partial charge in [0.25, 0.3) is 0 Å². The van der Waals surface area contributed by atoms with E-state index < -0.39 is 20.6 Å². The Labute approximate surface area is 121 Å². The number of anilines is 1. The molecule has 0 aliphatic carbocycles. The first-order valence-corrected chi connectivity index (χ1v) is 8.53. The molecule has 1 fully saturated rings. The fraction of sp³-hybridized carbons (Fsp3) is 0.417. The topological polar surface area (TPSA) is 89.3 Å². The number of halogens is 1. The van der Waals surface area contributed by atoms with Crippen molar-refractivity contribution in [3.63, 3.8) is 0 Å². The molecule has 1 atom stereocenters. The van der Waals surface area contributed by atoms with Gasteiger partial charge in [0.1, 0.15) is 5.82 Å². The van der Waals surface area contributed by atoms with Crippen LogP contribution in [-0.4, -0.2) is 24.8 Å². The zero-order chi connectivity index (χ0) is 15.0. The molecule has 1 aliphatic rings. The first-order valence-electron chi connectivity index (χ1n) is 6.00. The smallest absolute Gasteiger partial charge is 0.240 e. The number of thioether (sulfide) groups is 1. The number of amides is 1. The van der Waals surface area contributed by atoms with Crippen molar-refractivity contribution >= 4 is 33.4 Å². The summed E-state index contributed by atoms with van der Waals surface area (Å²) in [4.78, 5) is 11.9. The van der Waals surface area contributed by atoms with Gasteiger partial charge in [-0.15, -0.1) is 11.8 Å². The molecule has 1 unspecified atom stereocenters. The monoisotopic (exact) mass is 318 g/mol. The first-order chi connectivity index (χ1) is 9.22. The number of sulfonamides is 1. The number of rotatable bonds is 3. The minimum Gasteiger partial charge on any atom is -0.322 e. The lowest BCUT2D eigenvalue weighted by Gasteiger charge is -2.21. The maximum atomic E-state index is 13.7. The predicted molar refractivity (Wildman–Crippen MR) is 76.5 cm³/mol. The molecule has 110 valence electrons. The number of carbonyl (C=O) groups excluding carboxylic acids is 1. The molecule has 0 aromatic heterocycles. The van der Waals surface area contributed by atoms with Crippen LogP contribution in [0.2, 0.25) is 0 Å². The molecule has 5 nitrogen and oxygen atoms in total. The SMILES string of the molecule is CC1(C(=O)Nc2cc(S(N)(=O)=O)ccc2F)CCCS1. The number of nitrogens with one attached hydrogen (secondary N) is 1. The summed E-state index contributed by atoms with van der Waals surface area (Å²) in [6, 6.07) is 3.07. The maximum Gasteiger partial charge on any atom is 0.240 e. The van der Waals surface area contributed by atoms with Crippen molar-refractivity contribution in [1.82, 2.24) is 0 Å². The molecule has 1 aliphatic heterocycles. The van der Waals surface area contributed by atoms with Crippen LogP contribution in [0.5, 0.6) is 0 Å². The molecule has 20 heavy (non-hydrogen) atoms. The van der Waals surface area contributed by atoms with Crippen LogP contribution in [0.4, 0.5) is 10.1 Å². The van der Waals surface area contributed by atoms with E-state index in [1.165, 1.54) is 11.8 Å². The van der Waals surface area contributed by atoms with Crippen LogP contribution in [-0.2, 0) is 14.8 Å². The summed E-state index contributed by atoms with van der Waals surface area (Å²) in [6.07, 6.45) is 1.63. The lowest BCUT2D eigenvalue weighted by atomic mass is 10.0. The van der Waals surface area contributed by atoms with E-state index in [1.807, 2.05) is 0 Å². The van der Waals surface area contributed by atoms with Gasteiger partial charge < -0.3 is 5.32 Å². The zero-order valence-electron chi connectivity index (χ0n) is 10.8. The van der Waals surface area contributed by atoms with Gasteiger partial charge in [-0.05, 0) is 43.7 Å². The summed E-state index contributed by atoms with van der Waals surface area (Å²) in [5.74, 6) is -0.147. The second-order valence-corrected chi connectivity index (χ2v) is 7.98. The van der Waals surface area contributed by atoms with Gasteiger partial charge in [0, 0.05) is 0 Å². The average molecular weight is 318 g/mol. The molecule has 1 amide bonds. The Balaban J connectivity index is 2.27.